The van der Waals surface area contributed by atoms with Crippen LogP contribution in [0.1, 0.15) is 42.4 Å². The van der Waals surface area contributed by atoms with Crippen molar-refractivity contribution in [2.45, 2.75) is 36.8 Å². The minimum Gasteiger partial charge on any atom is -0.352 e. The van der Waals surface area contributed by atoms with Gasteiger partial charge in [0.1, 0.15) is 0 Å². The zero-order valence-corrected chi connectivity index (χ0v) is 18.4. The zero-order chi connectivity index (χ0) is 23.6. The van der Waals surface area contributed by atoms with Crippen molar-refractivity contribution < 1.29 is 28.0 Å². The summed E-state index contributed by atoms with van der Waals surface area (Å²) in [5.41, 5.74) is 2.17. The lowest BCUT2D eigenvalue weighted by atomic mass is 10.00. The van der Waals surface area contributed by atoms with Crippen LogP contribution in [0.5, 0.6) is 0 Å². The summed E-state index contributed by atoms with van der Waals surface area (Å²) in [6, 6.07) is 12.0. The molecule has 0 aliphatic heterocycles. The van der Waals surface area contributed by atoms with E-state index >= 15 is 0 Å². The first-order valence-corrected chi connectivity index (χ1v) is 11.2. The number of hydrogen-bond donors (Lipinski definition) is 3. The highest BCUT2D eigenvalue weighted by Crippen LogP contribution is 2.30. The van der Waals surface area contributed by atoms with Crippen LogP contribution >= 0.6 is 11.8 Å². The number of alkyl halides is 3. The molecule has 32 heavy (non-hydrogen) atoms. The molecule has 0 heterocycles. The molecule has 2 rings (SSSR count). The molecular formula is C23H25F3N2O3S. The highest BCUT2D eigenvalue weighted by molar-refractivity contribution is 7.98. The second kappa shape index (κ2) is 12.3. The van der Waals surface area contributed by atoms with Crippen LogP contribution in [0.4, 0.5) is 13.2 Å². The Bertz CT molecular complexity index is 927. The number of unbranched alkanes of at least 4 members (excludes halogenated alkanes) is 2. The van der Waals surface area contributed by atoms with Gasteiger partial charge in [0, 0.05) is 23.4 Å². The van der Waals surface area contributed by atoms with E-state index in [1.54, 1.807) is 23.3 Å². The maximum atomic E-state index is 12.9. The lowest BCUT2D eigenvalue weighted by Gasteiger charge is -2.12. The lowest BCUT2D eigenvalue weighted by Crippen LogP contribution is -2.25. The fourth-order valence-electron chi connectivity index (χ4n) is 2.93. The normalized spacial score (nSPS) is 11.8. The first-order chi connectivity index (χ1) is 15.2. The van der Waals surface area contributed by atoms with E-state index in [0.29, 0.717) is 31.4 Å². The summed E-state index contributed by atoms with van der Waals surface area (Å²) in [4.78, 5) is 24.9. The summed E-state index contributed by atoms with van der Waals surface area (Å²) in [7, 11) is 0. The van der Waals surface area contributed by atoms with Crippen LogP contribution < -0.4 is 10.8 Å². The van der Waals surface area contributed by atoms with Gasteiger partial charge in [0.2, 0.25) is 5.91 Å². The summed E-state index contributed by atoms with van der Waals surface area (Å²) in [5.74, 6) is -0.860. The van der Waals surface area contributed by atoms with Gasteiger partial charge in [-0.2, -0.15) is 13.2 Å². The Labute approximate surface area is 189 Å². The number of nitrogens with one attached hydrogen (secondary N) is 2. The molecule has 0 saturated carbocycles. The first kappa shape index (κ1) is 25.5. The number of carbonyl (C=O) groups excluding carboxylic acids is 2. The molecule has 2 aromatic carbocycles. The minimum absolute atomic E-state index is 0.188. The molecule has 0 fully saturated rings. The first-order valence-electron chi connectivity index (χ1n) is 9.99. The fourth-order valence-corrected chi connectivity index (χ4v) is 3.33. The molecule has 0 aliphatic carbocycles. The van der Waals surface area contributed by atoms with Gasteiger partial charge < -0.3 is 5.32 Å². The fraction of sp³-hybridized carbons (Fsp3) is 0.304. The molecule has 3 N–H and O–H groups in total. The van der Waals surface area contributed by atoms with Gasteiger partial charge in [-0.05, 0) is 60.6 Å². The molecule has 172 valence electrons. The summed E-state index contributed by atoms with van der Waals surface area (Å²) in [5, 5.41) is 11.3. The Morgan fingerprint density at radius 3 is 2.22 bits per heavy atom. The Morgan fingerprint density at radius 1 is 1.00 bits per heavy atom. The number of amides is 2. The number of hydroxylamine groups is 1. The molecule has 0 unspecified atom stereocenters. The average molecular weight is 467 g/mol. The molecule has 5 nitrogen and oxygen atoms in total. The van der Waals surface area contributed by atoms with E-state index in [1.165, 1.54) is 12.1 Å². The molecule has 2 aromatic rings. The minimum atomic E-state index is -4.45. The van der Waals surface area contributed by atoms with E-state index in [2.05, 4.69) is 5.32 Å². The Kier molecular flexibility index (Phi) is 9.80. The molecule has 0 atom stereocenters. The smallest absolute Gasteiger partial charge is 0.352 e. The third-order valence-corrected chi connectivity index (χ3v) is 5.43. The molecule has 9 heteroatoms. The third-order valence-electron chi connectivity index (χ3n) is 4.69. The van der Waals surface area contributed by atoms with Crippen molar-refractivity contribution >= 4 is 35.2 Å². The van der Waals surface area contributed by atoms with Crippen LogP contribution in [-0.4, -0.2) is 29.8 Å². The van der Waals surface area contributed by atoms with Gasteiger partial charge in [-0.3, -0.25) is 14.8 Å². The standard InChI is InChI=1S/C23H25F3N2O3S/c1-32-19-12-6-16(7-13-19)15-20(17-8-10-18(11-9-17)23(24,25)26)22(30)27-14-4-2-3-5-21(29)28-31/h6-13,15,31H,2-5,14H2,1H3,(H,27,30)(H,28,29)/b20-15-. The van der Waals surface area contributed by atoms with Crippen LogP contribution in [0.15, 0.2) is 53.4 Å². The summed E-state index contributed by atoms with van der Waals surface area (Å²) in [6.45, 7) is 0.350. The van der Waals surface area contributed by atoms with Gasteiger partial charge in [0.05, 0.1) is 5.56 Å². The number of thioether (sulfide) groups is 1. The maximum absolute atomic E-state index is 12.9. The highest BCUT2D eigenvalue weighted by Gasteiger charge is 2.30. The third kappa shape index (κ3) is 8.05. The van der Waals surface area contributed by atoms with Crippen molar-refractivity contribution in [3.05, 3.63) is 65.2 Å². The van der Waals surface area contributed by atoms with Crippen LogP contribution in [0.2, 0.25) is 0 Å². The maximum Gasteiger partial charge on any atom is 0.416 e. The molecule has 0 bridgehead atoms. The van der Waals surface area contributed by atoms with Crippen molar-refractivity contribution in [3.8, 4) is 0 Å². The van der Waals surface area contributed by atoms with Crippen LogP contribution in [0, 0.1) is 0 Å². The van der Waals surface area contributed by atoms with Gasteiger partial charge >= 0.3 is 6.18 Å². The van der Waals surface area contributed by atoms with Gasteiger partial charge in [-0.25, -0.2) is 5.48 Å². The monoisotopic (exact) mass is 466 g/mol. The van der Waals surface area contributed by atoms with E-state index in [9.17, 15) is 22.8 Å². The van der Waals surface area contributed by atoms with Crippen molar-refractivity contribution in [1.82, 2.24) is 10.8 Å². The lowest BCUT2D eigenvalue weighted by molar-refractivity contribution is -0.137. The highest BCUT2D eigenvalue weighted by atomic mass is 32.2. The molecular weight excluding hydrogens is 441 g/mol. The van der Waals surface area contributed by atoms with E-state index < -0.39 is 23.6 Å². The molecule has 0 spiro atoms. The van der Waals surface area contributed by atoms with Crippen LogP contribution in [-0.2, 0) is 15.8 Å². The number of halogens is 3. The summed E-state index contributed by atoms with van der Waals surface area (Å²) >= 11 is 1.58. The summed E-state index contributed by atoms with van der Waals surface area (Å²) in [6.07, 6.45) is 1.18. The topological polar surface area (TPSA) is 78.4 Å². The second-order valence-corrected chi connectivity index (χ2v) is 7.89. The van der Waals surface area contributed by atoms with Crippen molar-refractivity contribution in [3.63, 3.8) is 0 Å². The van der Waals surface area contributed by atoms with Gasteiger partial charge in [0.15, 0.2) is 0 Å². The predicted molar refractivity (Wildman–Crippen MR) is 119 cm³/mol. The molecule has 0 aromatic heterocycles. The second-order valence-electron chi connectivity index (χ2n) is 7.01. The van der Waals surface area contributed by atoms with Crippen molar-refractivity contribution in [2.24, 2.45) is 0 Å². The largest absolute Gasteiger partial charge is 0.416 e. The Morgan fingerprint density at radius 2 is 1.66 bits per heavy atom. The van der Waals surface area contributed by atoms with Gasteiger partial charge in [-0.1, -0.05) is 30.7 Å². The van der Waals surface area contributed by atoms with Gasteiger partial charge in [0.25, 0.3) is 5.91 Å². The molecule has 2 amide bonds. The number of benzene rings is 2. The van der Waals surface area contributed by atoms with Crippen molar-refractivity contribution in [2.75, 3.05) is 12.8 Å². The van der Waals surface area contributed by atoms with E-state index in [1.807, 2.05) is 30.5 Å². The average Bonchev–Trinajstić information content (AvgIpc) is 2.79. The number of hydrogen-bond acceptors (Lipinski definition) is 4. The number of carbonyl (C=O) groups is 2. The van der Waals surface area contributed by atoms with E-state index in [4.69, 9.17) is 5.21 Å². The predicted octanol–water partition coefficient (Wildman–Crippen LogP) is 5.15. The van der Waals surface area contributed by atoms with Crippen LogP contribution in [0.25, 0.3) is 11.6 Å². The molecule has 0 aliphatic rings. The van der Waals surface area contributed by atoms with E-state index in [-0.39, 0.29) is 12.0 Å². The Balaban J connectivity index is 2.14. The molecule has 0 radical (unpaired) electrons. The van der Waals surface area contributed by atoms with Crippen LogP contribution in [0.3, 0.4) is 0 Å². The SMILES string of the molecule is CSc1ccc(/C=C(\C(=O)NCCCCCC(=O)NO)c2ccc(C(F)(F)F)cc2)cc1. The quantitative estimate of drug-likeness (QED) is 0.113. The molecule has 0 saturated heterocycles. The van der Waals surface area contributed by atoms with Crippen molar-refractivity contribution in [1.29, 1.82) is 0 Å². The zero-order valence-electron chi connectivity index (χ0n) is 17.5. The van der Waals surface area contributed by atoms with Gasteiger partial charge in [-0.15, -0.1) is 11.8 Å². The summed E-state index contributed by atoms with van der Waals surface area (Å²) < 4.78 is 38.7. The van der Waals surface area contributed by atoms with E-state index in [0.717, 1.165) is 22.6 Å². The Hall–Kier alpha value is -2.78. The number of rotatable bonds is 10.